The van der Waals surface area contributed by atoms with Gasteiger partial charge >= 0.3 is 5.97 Å². The molecule has 0 aliphatic rings. The number of carbonyl (C=O) groups excluding carboxylic acids is 2. The van der Waals surface area contributed by atoms with Gasteiger partial charge in [-0.15, -0.1) is 0 Å². The van der Waals surface area contributed by atoms with E-state index < -0.39 is 0 Å². The fraction of sp³-hybridized carbons (Fsp3) is 0.417. The number of ether oxygens (including phenoxy) is 1. The van der Waals surface area contributed by atoms with Crippen molar-refractivity contribution in [2.75, 3.05) is 13.2 Å². The van der Waals surface area contributed by atoms with Crippen LogP contribution in [0.5, 0.6) is 0 Å². The first-order valence-corrected chi connectivity index (χ1v) is 5.76. The van der Waals surface area contributed by atoms with Crippen LogP contribution in [0.15, 0.2) is 23.0 Å². The molecule has 1 amide bonds. The molecular weight excluding hydrogens is 236 g/mol. The molecule has 0 fully saturated rings. The first-order chi connectivity index (χ1) is 8.63. The number of rotatable bonds is 6. The van der Waals surface area contributed by atoms with Crippen LogP contribution in [0.1, 0.15) is 30.3 Å². The van der Waals surface area contributed by atoms with Crippen LogP contribution >= 0.6 is 0 Å². The third-order valence-electron chi connectivity index (χ3n) is 2.16. The highest BCUT2D eigenvalue weighted by atomic mass is 16.5. The first kappa shape index (κ1) is 14.0. The number of H-pyrrole nitrogens is 1. The van der Waals surface area contributed by atoms with Gasteiger partial charge in [-0.25, -0.2) is 0 Å². The van der Waals surface area contributed by atoms with Crippen molar-refractivity contribution in [1.82, 2.24) is 10.3 Å². The Labute approximate surface area is 104 Å². The van der Waals surface area contributed by atoms with Gasteiger partial charge in [0.1, 0.15) is 5.69 Å². The van der Waals surface area contributed by atoms with E-state index in [0.717, 1.165) is 0 Å². The van der Waals surface area contributed by atoms with E-state index >= 15 is 0 Å². The van der Waals surface area contributed by atoms with Crippen molar-refractivity contribution in [3.63, 3.8) is 0 Å². The zero-order valence-electron chi connectivity index (χ0n) is 10.2. The molecule has 0 bridgehead atoms. The van der Waals surface area contributed by atoms with Crippen molar-refractivity contribution in [2.45, 2.75) is 19.8 Å². The molecule has 0 radical (unpaired) electrons. The fourth-order valence-electron chi connectivity index (χ4n) is 1.34. The van der Waals surface area contributed by atoms with E-state index in [9.17, 15) is 14.4 Å². The van der Waals surface area contributed by atoms with E-state index in [1.807, 2.05) is 0 Å². The van der Waals surface area contributed by atoms with Gasteiger partial charge in [-0.3, -0.25) is 14.4 Å². The maximum Gasteiger partial charge on any atom is 0.305 e. The van der Waals surface area contributed by atoms with Gasteiger partial charge < -0.3 is 15.0 Å². The molecule has 1 rings (SSSR count). The van der Waals surface area contributed by atoms with E-state index in [2.05, 4.69) is 10.3 Å². The maximum absolute atomic E-state index is 11.6. The normalized spacial score (nSPS) is 9.83. The zero-order valence-corrected chi connectivity index (χ0v) is 10.2. The Kier molecular flexibility index (Phi) is 5.63. The molecule has 6 nitrogen and oxygen atoms in total. The number of esters is 1. The van der Waals surface area contributed by atoms with Crippen LogP contribution in [0, 0.1) is 0 Å². The summed E-state index contributed by atoms with van der Waals surface area (Å²) < 4.78 is 4.75. The topological polar surface area (TPSA) is 88.3 Å². The van der Waals surface area contributed by atoms with Gasteiger partial charge in [0.25, 0.3) is 5.91 Å². The molecule has 0 saturated heterocycles. The predicted octanol–water partition coefficient (Wildman–Crippen LogP) is 0.448. The lowest BCUT2D eigenvalue weighted by molar-refractivity contribution is -0.143. The molecule has 6 heteroatoms. The second-order valence-corrected chi connectivity index (χ2v) is 3.59. The van der Waals surface area contributed by atoms with Crippen LogP contribution in [0.3, 0.4) is 0 Å². The van der Waals surface area contributed by atoms with Crippen molar-refractivity contribution in [3.8, 4) is 0 Å². The molecule has 18 heavy (non-hydrogen) atoms. The Balaban J connectivity index is 2.30. The molecular formula is C12H16N2O4. The Bertz CT molecular complexity index is 467. The average Bonchev–Trinajstić information content (AvgIpc) is 2.35. The largest absolute Gasteiger partial charge is 0.466 e. The third kappa shape index (κ3) is 4.82. The Morgan fingerprint density at radius 2 is 2.17 bits per heavy atom. The van der Waals surface area contributed by atoms with Gasteiger partial charge in [-0.1, -0.05) is 6.07 Å². The molecule has 0 unspecified atom stereocenters. The summed E-state index contributed by atoms with van der Waals surface area (Å²) >= 11 is 0. The van der Waals surface area contributed by atoms with E-state index in [0.29, 0.717) is 19.6 Å². The molecule has 0 aliphatic carbocycles. The lowest BCUT2D eigenvalue weighted by atomic mass is 10.3. The smallest absolute Gasteiger partial charge is 0.305 e. The van der Waals surface area contributed by atoms with Crippen molar-refractivity contribution in [3.05, 3.63) is 34.2 Å². The highest BCUT2D eigenvalue weighted by molar-refractivity contribution is 5.92. The second kappa shape index (κ2) is 7.26. The molecule has 2 N–H and O–H groups in total. The maximum atomic E-state index is 11.6. The first-order valence-electron chi connectivity index (χ1n) is 5.76. The Morgan fingerprint density at radius 3 is 2.83 bits per heavy atom. The van der Waals surface area contributed by atoms with Gasteiger partial charge in [-0.05, 0) is 19.4 Å². The molecule has 0 atom stereocenters. The van der Waals surface area contributed by atoms with Crippen LogP contribution < -0.4 is 10.9 Å². The summed E-state index contributed by atoms with van der Waals surface area (Å²) in [6.45, 7) is 2.45. The highest BCUT2D eigenvalue weighted by Gasteiger charge is 2.06. The van der Waals surface area contributed by atoms with Crippen LogP contribution in [0.4, 0.5) is 0 Å². The van der Waals surface area contributed by atoms with E-state index in [1.165, 1.54) is 18.2 Å². The minimum atomic E-state index is -0.364. The summed E-state index contributed by atoms with van der Waals surface area (Å²) in [5.74, 6) is -0.642. The summed E-state index contributed by atoms with van der Waals surface area (Å²) in [5.41, 5.74) is -0.118. The monoisotopic (exact) mass is 252 g/mol. The van der Waals surface area contributed by atoms with E-state index in [-0.39, 0.29) is 29.6 Å². The molecule has 98 valence electrons. The summed E-state index contributed by atoms with van der Waals surface area (Å²) in [7, 11) is 0. The number of nitrogens with one attached hydrogen (secondary N) is 2. The van der Waals surface area contributed by atoms with Crippen molar-refractivity contribution in [2.24, 2.45) is 0 Å². The van der Waals surface area contributed by atoms with Crippen LogP contribution in [0.2, 0.25) is 0 Å². The number of aromatic amines is 1. The minimum absolute atomic E-state index is 0.207. The quantitative estimate of drug-likeness (QED) is 0.568. The number of amides is 1. The molecule has 0 aromatic carbocycles. The molecule has 1 aromatic heterocycles. The van der Waals surface area contributed by atoms with Gasteiger partial charge in [-0.2, -0.15) is 0 Å². The van der Waals surface area contributed by atoms with Crippen molar-refractivity contribution >= 4 is 11.9 Å². The van der Waals surface area contributed by atoms with E-state index in [1.54, 1.807) is 6.92 Å². The lowest BCUT2D eigenvalue weighted by Gasteiger charge is -2.04. The van der Waals surface area contributed by atoms with E-state index in [4.69, 9.17) is 4.74 Å². The number of pyridine rings is 1. The fourth-order valence-corrected chi connectivity index (χ4v) is 1.34. The highest BCUT2D eigenvalue weighted by Crippen LogP contribution is 1.93. The molecule has 0 saturated carbocycles. The van der Waals surface area contributed by atoms with Crippen LogP contribution in [-0.2, 0) is 9.53 Å². The van der Waals surface area contributed by atoms with Crippen molar-refractivity contribution < 1.29 is 14.3 Å². The predicted molar refractivity (Wildman–Crippen MR) is 65.3 cm³/mol. The average molecular weight is 252 g/mol. The minimum Gasteiger partial charge on any atom is -0.466 e. The molecule has 1 aromatic rings. The van der Waals surface area contributed by atoms with Gasteiger partial charge in [0, 0.05) is 19.0 Å². The van der Waals surface area contributed by atoms with Gasteiger partial charge in [0.05, 0.1) is 6.61 Å². The molecule has 0 aliphatic heterocycles. The number of hydrogen-bond donors (Lipinski definition) is 2. The third-order valence-corrected chi connectivity index (χ3v) is 2.16. The summed E-state index contributed by atoms with van der Waals surface area (Å²) in [5, 5.41) is 2.61. The van der Waals surface area contributed by atoms with Crippen LogP contribution in [0.25, 0.3) is 0 Å². The van der Waals surface area contributed by atoms with Gasteiger partial charge in [0.15, 0.2) is 0 Å². The summed E-state index contributed by atoms with van der Waals surface area (Å²) in [6.07, 6.45) is 0.765. The molecule has 1 heterocycles. The number of carbonyl (C=O) groups is 2. The number of hydrogen-bond acceptors (Lipinski definition) is 4. The zero-order chi connectivity index (χ0) is 13.4. The number of aromatic nitrogens is 1. The van der Waals surface area contributed by atoms with Crippen LogP contribution in [-0.4, -0.2) is 30.0 Å². The second-order valence-electron chi connectivity index (χ2n) is 3.59. The van der Waals surface area contributed by atoms with Gasteiger partial charge in [0.2, 0.25) is 5.56 Å². The summed E-state index contributed by atoms with van der Waals surface area (Å²) in [6, 6.07) is 4.35. The van der Waals surface area contributed by atoms with Crippen molar-refractivity contribution in [1.29, 1.82) is 0 Å². The Morgan fingerprint density at radius 1 is 1.39 bits per heavy atom. The molecule has 0 spiro atoms. The SMILES string of the molecule is CCOC(=O)CCCNC(=O)c1cccc(=O)[nH]1. The summed E-state index contributed by atoms with van der Waals surface area (Å²) in [4.78, 5) is 36.0. The lowest BCUT2D eigenvalue weighted by Crippen LogP contribution is -2.27. The Hall–Kier alpha value is -2.11. The standard InChI is InChI=1S/C12H16N2O4/c1-2-18-11(16)7-4-8-13-12(17)9-5-3-6-10(15)14-9/h3,5-6H,2,4,7-8H2,1H3,(H,13,17)(H,14,15).